The second-order valence-corrected chi connectivity index (χ2v) is 9.67. The van der Waals surface area contributed by atoms with Gasteiger partial charge < -0.3 is 4.74 Å². The van der Waals surface area contributed by atoms with E-state index in [1.165, 1.54) is 4.90 Å². The fourth-order valence-electron chi connectivity index (χ4n) is 4.74. The van der Waals surface area contributed by atoms with Crippen LogP contribution < -0.4 is 4.90 Å². The maximum atomic E-state index is 13.0. The van der Waals surface area contributed by atoms with E-state index >= 15 is 0 Å². The number of rotatable bonds is 5. The van der Waals surface area contributed by atoms with Crippen LogP contribution in [0.25, 0.3) is 0 Å². The summed E-state index contributed by atoms with van der Waals surface area (Å²) in [5.74, 6) is -0.691. The number of anilines is 1. The molecule has 0 N–H and O–H groups in total. The molecule has 5 nitrogen and oxygen atoms in total. The number of imide groups is 1. The van der Waals surface area contributed by atoms with Gasteiger partial charge in [0, 0.05) is 9.65 Å². The average molecular weight is 499 g/mol. The van der Waals surface area contributed by atoms with Crippen LogP contribution in [0.2, 0.25) is 0 Å². The van der Waals surface area contributed by atoms with Crippen molar-refractivity contribution in [2.75, 3.05) is 11.5 Å². The molecule has 0 spiro atoms. The molecule has 3 aliphatic rings. The van der Waals surface area contributed by atoms with Crippen molar-refractivity contribution >= 4 is 55.3 Å². The first-order valence-electron chi connectivity index (χ1n) is 9.38. The summed E-state index contributed by atoms with van der Waals surface area (Å²) in [6.07, 6.45) is 2.70. The van der Waals surface area contributed by atoms with Gasteiger partial charge in [-0.05, 0) is 48.9 Å². The first-order valence-corrected chi connectivity index (χ1v) is 11.2. The summed E-state index contributed by atoms with van der Waals surface area (Å²) < 4.78 is 5.20. The molecule has 6 atom stereocenters. The Morgan fingerprint density at radius 2 is 1.63 bits per heavy atom. The van der Waals surface area contributed by atoms with E-state index < -0.39 is 0 Å². The standard InChI is InChI=1S/C20H21Br2NO4/c1-2-3-8-27-20(26)10-4-6-11(7-5-10)23-18(24)14-12-9-13(15(14)19(23)25)17(22)16(12)21/h4-7,12-17H,2-3,8-9H2,1H3/t12-,13+,14-,15-,16+,17-/m0/s1. The van der Waals surface area contributed by atoms with Crippen LogP contribution in [0.5, 0.6) is 0 Å². The van der Waals surface area contributed by atoms with Crippen LogP contribution in [0.3, 0.4) is 0 Å². The van der Waals surface area contributed by atoms with E-state index in [0.29, 0.717) is 17.9 Å². The molecular weight excluding hydrogens is 478 g/mol. The number of carbonyl (C=O) groups is 3. The number of fused-ring (bicyclic) bond motifs is 5. The molecule has 0 unspecified atom stereocenters. The molecule has 144 valence electrons. The predicted molar refractivity (Wildman–Crippen MR) is 108 cm³/mol. The van der Waals surface area contributed by atoms with Crippen molar-refractivity contribution in [3.8, 4) is 0 Å². The van der Waals surface area contributed by atoms with Gasteiger partial charge in [0.2, 0.25) is 11.8 Å². The zero-order valence-corrected chi connectivity index (χ0v) is 18.1. The third-order valence-electron chi connectivity index (χ3n) is 6.08. The summed E-state index contributed by atoms with van der Waals surface area (Å²) >= 11 is 7.38. The lowest BCUT2D eigenvalue weighted by atomic mass is 9.81. The molecule has 2 bridgehead atoms. The molecule has 0 aromatic heterocycles. The number of benzene rings is 1. The minimum absolute atomic E-state index is 0.111. The number of alkyl halides is 2. The number of carbonyl (C=O) groups excluding carboxylic acids is 3. The highest BCUT2D eigenvalue weighted by atomic mass is 79.9. The topological polar surface area (TPSA) is 63.7 Å². The van der Waals surface area contributed by atoms with Crippen LogP contribution in [0.4, 0.5) is 5.69 Å². The van der Waals surface area contributed by atoms with Crippen LogP contribution >= 0.6 is 31.9 Å². The lowest BCUT2D eigenvalue weighted by Gasteiger charge is -2.28. The number of nitrogens with zero attached hydrogens (tertiary/aromatic N) is 1. The van der Waals surface area contributed by atoms with Gasteiger partial charge in [-0.1, -0.05) is 45.2 Å². The Kier molecular flexibility index (Phi) is 5.18. The van der Waals surface area contributed by atoms with Gasteiger partial charge in [0.15, 0.2) is 0 Å². The van der Waals surface area contributed by atoms with Crippen LogP contribution in [0.15, 0.2) is 24.3 Å². The van der Waals surface area contributed by atoms with Crippen molar-refractivity contribution in [1.82, 2.24) is 0 Å². The molecule has 1 heterocycles. The van der Waals surface area contributed by atoms with E-state index in [-0.39, 0.29) is 51.1 Å². The second-order valence-electron chi connectivity index (χ2n) is 7.55. The molecule has 1 aromatic rings. The molecule has 27 heavy (non-hydrogen) atoms. The highest BCUT2D eigenvalue weighted by molar-refractivity contribution is 9.12. The first-order chi connectivity index (χ1) is 13.0. The predicted octanol–water partition coefficient (Wildman–Crippen LogP) is 3.93. The minimum Gasteiger partial charge on any atom is -0.462 e. The summed E-state index contributed by atoms with van der Waals surface area (Å²) in [4.78, 5) is 39.8. The molecule has 1 saturated heterocycles. The molecular formula is C20H21Br2NO4. The molecule has 1 aliphatic heterocycles. The monoisotopic (exact) mass is 497 g/mol. The van der Waals surface area contributed by atoms with Crippen LogP contribution in [-0.2, 0) is 14.3 Å². The molecule has 7 heteroatoms. The minimum atomic E-state index is -0.381. The van der Waals surface area contributed by atoms with Crippen molar-refractivity contribution in [3.63, 3.8) is 0 Å². The number of ether oxygens (including phenoxy) is 1. The zero-order chi connectivity index (χ0) is 19.3. The van der Waals surface area contributed by atoms with Crippen LogP contribution in [-0.4, -0.2) is 34.0 Å². The van der Waals surface area contributed by atoms with Crippen LogP contribution in [0.1, 0.15) is 36.5 Å². The number of hydrogen-bond donors (Lipinski definition) is 0. The van der Waals surface area contributed by atoms with E-state index in [9.17, 15) is 14.4 Å². The lowest BCUT2D eigenvalue weighted by molar-refractivity contribution is -0.123. The normalized spacial score (nSPS) is 34.3. The summed E-state index contributed by atoms with van der Waals surface area (Å²) in [7, 11) is 0. The van der Waals surface area contributed by atoms with Crippen LogP contribution in [0, 0.1) is 23.7 Å². The Labute approximate surface area is 175 Å². The van der Waals surface area contributed by atoms with Gasteiger partial charge in [0.05, 0.1) is 29.7 Å². The SMILES string of the molecule is CCCCOC(=O)c1ccc(N2C(=O)[C@H]3[C@@H]4C[C@@H]([C@H](Br)[C@@H]4Br)[C@@H]3C2=O)cc1. The lowest BCUT2D eigenvalue weighted by Crippen LogP contribution is -2.37. The van der Waals surface area contributed by atoms with Gasteiger partial charge in [0.25, 0.3) is 0 Å². The molecule has 1 aromatic carbocycles. The van der Waals surface area contributed by atoms with Crippen molar-refractivity contribution in [2.24, 2.45) is 23.7 Å². The quantitative estimate of drug-likeness (QED) is 0.267. The number of esters is 1. The van der Waals surface area contributed by atoms with E-state index in [0.717, 1.165) is 19.3 Å². The molecule has 2 saturated carbocycles. The number of amides is 2. The van der Waals surface area contributed by atoms with Gasteiger partial charge >= 0.3 is 5.97 Å². The van der Waals surface area contributed by atoms with Gasteiger partial charge in [-0.15, -0.1) is 0 Å². The number of hydrogen-bond acceptors (Lipinski definition) is 4. The number of halogens is 2. The Bertz CT molecular complexity index is 749. The summed E-state index contributed by atoms with van der Waals surface area (Å²) in [5, 5.41) is 0. The van der Waals surface area contributed by atoms with E-state index in [2.05, 4.69) is 31.9 Å². The van der Waals surface area contributed by atoms with Gasteiger partial charge in [-0.2, -0.15) is 0 Å². The zero-order valence-electron chi connectivity index (χ0n) is 14.9. The van der Waals surface area contributed by atoms with Crippen molar-refractivity contribution in [2.45, 2.75) is 35.8 Å². The van der Waals surface area contributed by atoms with Gasteiger partial charge in [0.1, 0.15) is 0 Å². The second kappa shape index (κ2) is 7.32. The summed E-state index contributed by atoms with van der Waals surface area (Å²) in [5.41, 5.74) is 0.955. The van der Waals surface area contributed by atoms with Gasteiger partial charge in [-0.3, -0.25) is 14.5 Å². The summed E-state index contributed by atoms with van der Waals surface area (Å²) in [6, 6.07) is 6.56. The molecule has 3 fully saturated rings. The molecule has 2 amide bonds. The third kappa shape index (κ3) is 2.97. The Hall–Kier alpha value is -1.21. The highest BCUT2D eigenvalue weighted by Crippen LogP contribution is 2.60. The average Bonchev–Trinajstić information content (AvgIpc) is 3.27. The fourth-order valence-corrected chi connectivity index (χ4v) is 6.62. The smallest absolute Gasteiger partial charge is 0.338 e. The fraction of sp³-hybridized carbons (Fsp3) is 0.550. The number of unbranched alkanes of at least 4 members (excludes halogenated alkanes) is 1. The molecule has 2 aliphatic carbocycles. The maximum absolute atomic E-state index is 13.0. The van der Waals surface area contributed by atoms with E-state index in [1.54, 1.807) is 24.3 Å². The van der Waals surface area contributed by atoms with Gasteiger partial charge in [-0.25, -0.2) is 4.79 Å². The molecule has 0 radical (unpaired) electrons. The maximum Gasteiger partial charge on any atom is 0.338 e. The van der Waals surface area contributed by atoms with Crippen molar-refractivity contribution in [3.05, 3.63) is 29.8 Å². The van der Waals surface area contributed by atoms with Crippen molar-refractivity contribution < 1.29 is 19.1 Å². The van der Waals surface area contributed by atoms with Crippen molar-refractivity contribution in [1.29, 1.82) is 0 Å². The largest absolute Gasteiger partial charge is 0.462 e. The summed E-state index contributed by atoms with van der Waals surface area (Å²) in [6.45, 7) is 2.43. The third-order valence-corrected chi connectivity index (χ3v) is 9.29. The Morgan fingerprint density at radius 1 is 1.07 bits per heavy atom. The Morgan fingerprint density at radius 3 is 2.15 bits per heavy atom. The first kappa shape index (κ1) is 19.1. The van der Waals surface area contributed by atoms with E-state index in [4.69, 9.17) is 4.74 Å². The Balaban J connectivity index is 1.52. The molecule has 4 rings (SSSR count). The van der Waals surface area contributed by atoms with E-state index in [1.807, 2.05) is 6.92 Å². The highest BCUT2D eigenvalue weighted by Gasteiger charge is 2.66.